The molecule has 0 saturated carbocycles. The normalized spacial score (nSPS) is 10.9. The van der Waals surface area contributed by atoms with Crippen LogP contribution in [-0.2, 0) is 0 Å². The maximum atomic E-state index is 4.57. The van der Waals surface area contributed by atoms with Crippen LogP contribution in [0.3, 0.4) is 0 Å². The molecule has 0 aliphatic rings. The Kier molecular flexibility index (Phi) is 2.18. The highest BCUT2D eigenvalue weighted by Crippen LogP contribution is 2.19. The van der Waals surface area contributed by atoms with Crippen LogP contribution in [0.25, 0.3) is 16.9 Å². The highest BCUT2D eigenvalue weighted by Gasteiger charge is 2.09. The number of hydrogen-bond acceptors (Lipinski definition) is 2. The second-order valence-corrected chi connectivity index (χ2v) is 4.13. The smallest absolute Gasteiger partial charge is 0.164 e. The van der Waals surface area contributed by atoms with Crippen LogP contribution in [0.15, 0.2) is 42.5 Å². The number of imidazole rings is 1. The number of aromatic nitrogens is 3. The van der Waals surface area contributed by atoms with E-state index in [0.717, 1.165) is 28.4 Å². The van der Waals surface area contributed by atoms with E-state index in [1.165, 1.54) is 0 Å². The maximum absolute atomic E-state index is 4.57. The first-order chi connectivity index (χ1) is 8.25. The zero-order valence-electron chi connectivity index (χ0n) is 9.88. The molecule has 84 valence electrons. The first-order valence-corrected chi connectivity index (χ1v) is 5.64. The molecule has 3 nitrogen and oxygen atoms in total. The average Bonchev–Trinajstić information content (AvgIpc) is 2.65. The van der Waals surface area contributed by atoms with Crippen molar-refractivity contribution in [2.45, 2.75) is 13.8 Å². The Hall–Kier alpha value is -2.16. The van der Waals surface area contributed by atoms with Gasteiger partial charge in [-0.05, 0) is 38.1 Å². The van der Waals surface area contributed by atoms with Gasteiger partial charge in [0.25, 0.3) is 0 Å². The Labute approximate surface area is 99.8 Å². The predicted molar refractivity (Wildman–Crippen MR) is 68.3 cm³/mol. The van der Waals surface area contributed by atoms with E-state index in [0.29, 0.717) is 0 Å². The van der Waals surface area contributed by atoms with Crippen LogP contribution in [-0.4, -0.2) is 14.5 Å². The van der Waals surface area contributed by atoms with E-state index in [4.69, 9.17) is 0 Å². The summed E-state index contributed by atoms with van der Waals surface area (Å²) in [5.74, 6) is 0.962. The van der Waals surface area contributed by atoms with E-state index < -0.39 is 0 Å². The predicted octanol–water partition coefficient (Wildman–Crippen LogP) is 3.04. The van der Waals surface area contributed by atoms with E-state index in [2.05, 4.69) is 26.7 Å². The molecule has 17 heavy (non-hydrogen) atoms. The van der Waals surface area contributed by atoms with E-state index >= 15 is 0 Å². The Bertz CT molecular complexity index is 669. The minimum absolute atomic E-state index is 0.925. The van der Waals surface area contributed by atoms with Crippen molar-refractivity contribution in [3.63, 3.8) is 0 Å². The molecule has 0 amide bonds. The largest absolute Gasteiger partial charge is 0.281 e. The number of hydrogen-bond donors (Lipinski definition) is 0. The van der Waals surface area contributed by atoms with Crippen molar-refractivity contribution in [2.24, 2.45) is 0 Å². The van der Waals surface area contributed by atoms with Gasteiger partial charge < -0.3 is 0 Å². The number of fused-ring (bicyclic) bond motifs is 1. The van der Waals surface area contributed by atoms with Gasteiger partial charge in [0, 0.05) is 11.4 Å². The zero-order chi connectivity index (χ0) is 11.8. The molecule has 3 aromatic rings. The van der Waals surface area contributed by atoms with Crippen molar-refractivity contribution in [1.29, 1.82) is 0 Å². The molecule has 0 aliphatic heterocycles. The molecule has 0 bridgehead atoms. The molecule has 0 atom stereocenters. The average molecular weight is 223 g/mol. The molecule has 0 saturated heterocycles. The topological polar surface area (TPSA) is 30.7 Å². The molecule has 1 aromatic carbocycles. The molecule has 3 heteroatoms. The Balaban J connectivity index is 2.35. The van der Waals surface area contributed by atoms with Gasteiger partial charge in [-0.1, -0.05) is 18.2 Å². The van der Waals surface area contributed by atoms with Crippen LogP contribution in [0.1, 0.15) is 11.5 Å². The molecule has 0 N–H and O–H groups in total. The molecule has 2 heterocycles. The zero-order valence-corrected chi connectivity index (χ0v) is 9.88. The second kappa shape index (κ2) is 3.70. The summed E-state index contributed by atoms with van der Waals surface area (Å²) in [4.78, 5) is 9.10. The fourth-order valence-electron chi connectivity index (χ4n) is 2.05. The summed E-state index contributed by atoms with van der Waals surface area (Å²) in [5.41, 5.74) is 3.98. The number of nitrogens with zero attached hydrogens (tertiary/aromatic N) is 3. The lowest BCUT2D eigenvalue weighted by Gasteiger charge is -2.05. The highest BCUT2D eigenvalue weighted by molar-refractivity contribution is 5.74. The fourth-order valence-corrected chi connectivity index (χ4v) is 2.05. The van der Waals surface area contributed by atoms with Crippen molar-refractivity contribution >= 4 is 11.2 Å². The Morgan fingerprint density at radius 3 is 2.41 bits per heavy atom. The molecule has 2 aromatic heterocycles. The fraction of sp³-hybridized carbons (Fsp3) is 0.143. The Morgan fingerprint density at radius 1 is 0.882 bits per heavy atom. The summed E-state index contributed by atoms with van der Waals surface area (Å²) in [6.07, 6.45) is 0. The van der Waals surface area contributed by atoms with E-state index in [1.54, 1.807) is 0 Å². The number of pyridine rings is 1. The minimum Gasteiger partial charge on any atom is -0.281 e. The van der Waals surface area contributed by atoms with Crippen LogP contribution < -0.4 is 0 Å². The van der Waals surface area contributed by atoms with Crippen LogP contribution in [0.4, 0.5) is 0 Å². The van der Waals surface area contributed by atoms with Gasteiger partial charge in [0.2, 0.25) is 0 Å². The van der Waals surface area contributed by atoms with E-state index in [-0.39, 0.29) is 0 Å². The SMILES string of the molecule is Cc1ccc2nc(C)n(-c3ccccc3)c2n1. The number of para-hydroxylation sites is 1. The lowest BCUT2D eigenvalue weighted by atomic mass is 10.3. The Morgan fingerprint density at radius 2 is 1.65 bits per heavy atom. The summed E-state index contributed by atoms with van der Waals surface area (Å²) in [6, 6.07) is 14.2. The molecule has 0 radical (unpaired) electrons. The lowest BCUT2D eigenvalue weighted by molar-refractivity contribution is 0.983. The summed E-state index contributed by atoms with van der Waals surface area (Å²) in [6.45, 7) is 4.00. The van der Waals surface area contributed by atoms with E-state index in [1.807, 2.05) is 44.2 Å². The van der Waals surface area contributed by atoms with Gasteiger partial charge in [0.05, 0.1) is 0 Å². The van der Waals surface area contributed by atoms with Gasteiger partial charge in [-0.3, -0.25) is 4.57 Å². The molecule has 0 fully saturated rings. The van der Waals surface area contributed by atoms with Crippen LogP contribution in [0.2, 0.25) is 0 Å². The number of rotatable bonds is 1. The maximum Gasteiger partial charge on any atom is 0.164 e. The molecular formula is C14H13N3. The van der Waals surface area contributed by atoms with Gasteiger partial charge in [-0.25, -0.2) is 9.97 Å². The van der Waals surface area contributed by atoms with Crippen molar-refractivity contribution in [3.8, 4) is 5.69 Å². The second-order valence-electron chi connectivity index (χ2n) is 4.13. The van der Waals surface area contributed by atoms with Crippen molar-refractivity contribution in [1.82, 2.24) is 14.5 Å². The summed E-state index contributed by atoms with van der Waals surface area (Å²) in [7, 11) is 0. The van der Waals surface area contributed by atoms with Crippen LogP contribution >= 0.6 is 0 Å². The van der Waals surface area contributed by atoms with Crippen LogP contribution in [0, 0.1) is 13.8 Å². The minimum atomic E-state index is 0.925. The molecule has 3 rings (SSSR count). The molecule has 0 aliphatic carbocycles. The third kappa shape index (κ3) is 1.60. The highest BCUT2D eigenvalue weighted by atomic mass is 15.1. The standard InChI is InChI=1S/C14H13N3/c1-10-8-9-13-14(15-10)17(11(2)16-13)12-6-4-3-5-7-12/h3-9H,1-2H3. The summed E-state index contributed by atoms with van der Waals surface area (Å²) in [5, 5.41) is 0. The van der Waals surface area contributed by atoms with Gasteiger partial charge in [-0.2, -0.15) is 0 Å². The number of benzene rings is 1. The van der Waals surface area contributed by atoms with Crippen molar-refractivity contribution in [2.75, 3.05) is 0 Å². The van der Waals surface area contributed by atoms with Gasteiger partial charge >= 0.3 is 0 Å². The van der Waals surface area contributed by atoms with Crippen molar-refractivity contribution < 1.29 is 0 Å². The monoisotopic (exact) mass is 223 g/mol. The summed E-state index contributed by atoms with van der Waals surface area (Å²) >= 11 is 0. The van der Waals surface area contributed by atoms with Crippen molar-refractivity contribution in [3.05, 3.63) is 54.0 Å². The molecule has 0 spiro atoms. The van der Waals surface area contributed by atoms with Gasteiger partial charge in [0.1, 0.15) is 11.3 Å². The van der Waals surface area contributed by atoms with E-state index in [9.17, 15) is 0 Å². The number of aryl methyl sites for hydroxylation is 2. The lowest BCUT2D eigenvalue weighted by Crippen LogP contribution is -1.98. The first-order valence-electron chi connectivity index (χ1n) is 5.64. The summed E-state index contributed by atoms with van der Waals surface area (Å²) < 4.78 is 2.09. The quantitative estimate of drug-likeness (QED) is 0.634. The first kappa shape index (κ1) is 10.0. The third-order valence-electron chi connectivity index (χ3n) is 2.83. The van der Waals surface area contributed by atoms with Crippen LogP contribution in [0.5, 0.6) is 0 Å². The van der Waals surface area contributed by atoms with Gasteiger partial charge in [0.15, 0.2) is 5.65 Å². The molecule has 0 unspecified atom stereocenters. The van der Waals surface area contributed by atoms with Gasteiger partial charge in [-0.15, -0.1) is 0 Å². The molecular weight excluding hydrogens is 210 g/mol. The third-order valence-corrected chi connectivity index (χ3v) is 2.83.